The van der Waals surface area contributed by atoms with E-state index in [1.54, 1.807) is 24.3 Å². The molecule has 3 rings (SSSR count). The number of aryl methyl sites for hydroxylation is 1. The van der Waals surface area contributed by atoms with Gasteiger partial charge in [0.05, 0.1) is 36.2 Å². The van der Waals surface area contributed by atoms with Gasteiger partial charge in [-0.2, -0.15) is 0 Å². The Kier molecular flexibility index (Phi) is 8.85. The summed E-state index contributed by atoms with van der Waals surface area (Å²) in [7, 11) is -3.71. The highest BCUT2D eigenvalue weighted by molar-refractivity contribution is 7.89. The first kappa shape index (κ1) is 24.1. The van der Waals surface area contributed by atoms with Crippen LogP contribution in [0.25, 0.3) is 0 Å². The number of carbonyl (C=O) groups is 1. The summed E-state index contributed by atoms with van der Waals surface area (Å²) in [5.41, 5.74) is 0.977. The van der Waals surface area contributed by atoms with Gasteiger partial charge in [-0.15, -0.1) is 0 Å². The van der Waals surface area contributed by atoms with E-state index in [9.17, 15) is 18.3 Å². The summed E-state index contributed by atoms with van der Waals surface area (Å²) in [5.74, 6) is -0.0719. The molecule has 3 atom stereocenters. The molecular formula is C22H35N3O5S. The van der Waals surface area contributed by atoms with Crippen molar-refractivity contribution in [2.75, 3.05) is 32.8 Å². The van der Waals surface area contributed by atoms with Crippen molar-refractivity contribution in [1.82, 2.24) is 14.9 Å². The Morgan fingerprint density at radius 2 is 1.87 bits per heavy atom. The van der Waals surface area contributed by atoms with E-state index in [2.05, 4.69) is 14.9 Å². The van der Waals surface area contributed by atoms with Gasteiger partial charge < -0.3 is 20.1 Å². The van der Waals surface area contributed by atoms with E-state index in [1.165, 1.54) is 19.3 Å². The van der Waals surface area contributed by atoms with E-state index in [0.29, 0.717) is 19.4 Å². The number of nitrogens with one attached hydrogen (secondary N) is 2. The molecule has 0 saturated carbocycles. The highest BCUT2D eigenvalue weighted by atomic mass is 32.2. The Labute approximate surface area is 185 Å². The van der Waals surface area contributed by atoms with E-state index in [0.717, 1.165) is 25.2 Å². The lowest BCUT2D eigenvalue weighted by molar-refractivity contribution is -0.130. The van der Waals surface area contributed by atoms with Gasteiger partial charge in [-0.3, -0.25) is 4.79 Å². The van der Waals surface area contributed by atoms with E-state index in [1.807, 2.05) is 6.92 Å². The van der Waals surface area contributed by atoms with Crippen molar-refractivity contribution in [1.29, 1.82) is 0 Å². The molecule has 0 radical (unpaired) electrons. The van der Waals surface area contributed by atoms with Crippen LogP contribution in [0, 0.1) is 6.92 Å². The zero-order valence-corrected chi connectivity index (χ0v) is 19.1. The molecule has 31 heavy (non-hydrogen) atoms. The fraction of sp³-hybridized carbons (Fsp3) is 0.682. The summed E-state index contributed by atoms with van der Waals surface area (Å²) in [6.45, 7) is 5.26. The predicted molar refractivity (Wildman–Crippen MR) is 118 cm³/mol. The van der Waals surface area contributed by atoms with Crippen molar-refractivity contribution in [2.24, 2.45) is 0 Å². The number of piperidine rings is 1. The van der Waals surface area contributed by atoms with Gasteiger partial charge in [0.25, 0.3) is 0 Å². The van der Waals surface area contributed by atoms with Gasteiger partial charge in [0.1, 0.15) is 0 Å². The predicted octanol–water partition coefficient (Wildman–Crippen LogP) is 1.17. The second kappa shape index (κ2) is 11.4. The number of rotatable bonds is 9. The van der Waals surface area contributed by atoms with E-state index in [-0.39, 0.29) is 29.9 Å². The topological polar surface area (TPSA) is 108 Å². The minimum atomic E-state index is -3.71. The number of likely N-dealkylation sites (tertiary alicyclic amines) is 1. The van der Waals surface area contributed by atoms with Crippen LogP contribution in [0.15, 0.2) is 29.2 Å². The van der Waals surface area contributed by atoms with Gasteiger partial charge in [-0.05, 0) is 57.8 Å². The van der Waals surface area contributed by atoms with Crippen LogP contribution in [-0.4, -0.2) is 75.4 Å². The van der Waals surface area contributed by atoms with Gasteiger partial charge in [0.2, 0.25) is 15.9 Å². The first-order chi connectivity index (χ1) is 14.9. The van der Waals surface area contributed by atoms with Crippen molar-refractivity contribution in [3.63, 3.8) is 0 Å². The number of amides is 1. The number of sulfonamides is 1. The lowest BCUT2D eigenvalue weighted by Crippen LogP contribution is -2.51. The zero-order chi connectivity index (χ0) is 22.3. The molecule has 0 aliphatic carbocycles. The maximum atomic E-state index is 12.7. The van der Waals surface area contributed by atoms with Gasteiger partial charge in [-0.1, -0.05) is 24.1 Å². The minimum absolute atomic E-state index is 0.0719. The quantitative estimate of drug-likeness (QED) is 0.518. The van der Waals surface area contributed by atoms with Crippen LogP contribution in [0.3, 0.4) is 0 Å². The second-order valence-corrected chi connectivity index (χ2v) is 10.3. The molecule has 2 aliphatic heterocycles. The summed E-state index contributed by atoms with van der Waals surface area (Å²) in [5, 5.41) is 12.7. The second-order valence-electron chi connectivity index (χ2n) is 8.55. The number of benzene rings is 1. The molecular weight excluding hydrogens is 418 g/mol. The Balaban J connectivity index is 1.45. The first-order valence-electron chi connectivity index (χ1n) is 11.2. The van der Waals surface area contributed by atoms with Crippen LogP contribution in [-0.2, 0) is 19.6 Å². The fourth-order valence-corrected chi connectivity index (χ4v) is 5.52. The maximum absolute atomic E-state index is 12.7. The third-order valence-electron chi connectivity index (χ3n) is 6.05. The highest BCUT2D eigenvalue weighted by Gasteiger charge is 2.34. The SMILES string of the molecule is Cc1ccc(S(=O)(=O)N[C@@H]2CC[C@H](CC(=O)NCCN3CCCCC3)O[C@@H]2CO)cc1. The molecule has 9 heteroatoms. The molecule has 0 spiro atoms. The molecule has 3 N–H and O–H groups in total. The van der Waals surface area contributed by atoms with Gasteiger partial charge in [-0.25, -0.2) is 13.1 Å². The van der Waals surface area contributed by atoms with Gasteiger partial charge in [0, 0.05) is 13.1 Å². The Morgan fingerprint density at radius 1 is 1.16 bits per heavy atom. The number of ether oxygens (including phenoxy) is 1. The minimum Gasteiger partial charge on any atom is -0.394 e. The molecule has 2 fully saturated rings. The lowest BCUT2D eigenvalue weighted by atomic mass is 9.98. The van der Waals surface area contributed by atoms with Crippen LogP contribution < -0.4 is 10.0 Å². The van der Waals surface area contributed by atoms with Crippen molar-refractivity contribution in [3.05, 3.63) is 29.8 Å². The van der Waals surface area contributed by atoms with Crippen LogP contribution in [0.4, 0.5) is 0 Å². The van der Waals surface area contributed by atoms with Crippen LogP contribution in [0.5, 0.6) is 0 Å². The van der Waals surface area contributed by atoms with Crippen LogP contribution in [0.1, 0.15) is 44.1 Å². The molecule has 1 aromatic rings. The summed E-state index contributed by atoms with van der Waals surface area (Å²) in [6.07, 6.45) is 4.00. The van der Waals surface area contributed by atoms with Gasteiger partial charge >= 0.3 is 0 Å². The van der Waals surface area contributed by atoms with Crippen molar-refractivity contribution < 1.29 is 23.1 Å². The van der Waals surface area contributed by atoms with Crippen molar-refractivity contribution >= 4 is 15.9 Å². The average molecular weight is 454 g/mol. The fourth-order valence-electron chi connectivity index (χ4n) is 4.22. The zero-order valence-electron chi connectivity index (χ0n) is 18.3. The number of carbonyl (C=O) groups excluding carboxylic acids is 1. The summed E-state index contributed by atoms with van der Waals surface area (Å²) in [4.78, 5) is 14.8. The summed E-state index contributed by atoms with van der Waals surface area (Å²) in [6, 6.07) is 6.08. The van der Waals surface area contributed by atoms with Crippen molar-refractivity contribution in [3.8, 4) is 0 Å². The van der Waals surface area contributed by atoms with E-state index < -0.39 is 22.2 Å². The first-order valence-corrected chi connectivity index (χ1v) is 12.7. The molecule has 0 bridgehead atoms. The standard InChI is InChI=1S/C22H35N3O5S/c1-17-5-8-19(9-6-17)31(28,29)24-20-10-7-18(30-21(20)16-26)15-22(27)23-11-14-25-12-3-2-4-13-25/h5-6,8-9,18,20-21,24,26H,2-4,7,10-16H2,1H3,(H,23,27)/t18-,20-,21-/m1/s1. The average Bonchev–Trinajstić information content (AvgIpc) is 2.75. The largest absolute Gasteiger partial charge is 0.394 e. The molecule has 2 saturated heterocycles. The third kappa shape index (κ3) is 7.25. The van der Waals surface area contributed by atoms with Crippen molar-refractivity contribution in [2.45, 2.75) is 68.6 Å². The Hall–Kier alpha value is -1.52. The molecule has 0 aromatic heterocycles. The highest BCUT2D eigenvalue weighted by Crippen LogP contribution is 2.23. The Morgan fingerprint density at radius 3 is 2.55 bits per heavy atom. The molecule has 2 heterocycles. The lowest BCUT2D eigenvalue weighted by Gasteiger charge is -2.35. The van der Waals surface area contributed by atoms with E-state index in [4.69, 9.17) is 4.74 Å². The molecule has 1 aromatic carbocycles. The number of nitrogens with zero attached hydrogens (tertiary/aromatic N) is 1. The smallest absolute Gasteiger partial charge is 0.240 e. The van der Waals surface area contributed by atoms with Crippen LogP contribution in [0.2, 0.25) is 0 Å². The monoisotopic (exact) mass is 453 g/mol. The third-order valence-corrected chi connectivity index (χ3v) is 7.55. The molecule has 8 nitrogen and oxygen atoms in total. The maximum Gasteiger partial charge on any atom is 0.240 e. The molecule has 1 amide bonds. The number of aliphatic hydroxyl groups is 1. The summed E-state index contributed by atoms with van der Waals surface area (Å²) < 4.78 is 33.9. The Bertz CT molecular complexity index is 809. The van der Waals surface area contributed by atoms with E-state index >= 15 is 0 Å². The van der Waals surface area contributed by atoms with Crippen LogP contribution >= 0.6 is 0 Å². The number of hydrogen-bond acceptors (Lipinski definition) is 6. The summed E-state index contributed by atoms with van der Waals surface area (Å²) >= 11 is 0. The van der Waals surface area contributed by atoms with Gasteiger partial charge in [0.15, 0.2) is 0 Å². The molecule has 174 valence electrons. The number of hydrogen-bond donors (Lipinski definition) is 3. The molecule has 2 aliphatic rings. The normalized spacial score (nSPS) is 25.3. The number of aliphatic hydroxyl groups excluding tert-OH is 1. The molecule has 0 unspecified atom stereocenters.